The Morgan fingerprint density at radius 1 is 1.05 bits per heavy atom. The first-order valence-electron chi connectivity index (χ1n) is 6.69. The average Bonchev–Trinajstić information content (AvgIpc) is 2.53. The summed E-state index contributed by atoms with van der Waals surface area (Å²) in [5.41, 5.74) is 9.32. The molecule has 0 saturated carbocycles. The van der Waals surface area contributed by atoms with Crippen molar-refractivity contribution in [1.29, 1.82) is 5.41 Å². The minimum Gasteiger partial charge on any atom is -0.384 e. The summed E-state index contributed by atoms with van der Waals surface area (Å²) in [7, 11) is 2.02. The monoisotopic (exact) mass is 276 g/mol. The molecule has 0 saturated heterocycles. The van der Waals surface area contributed by atoms with E-state index >= 15 is 0 Å². The van der Waals surface area contributed by atoms with Crippen molar-refractivity contribution in [2.75, 3.05) is 11.9 Å². The number of anilines is 2. The number of pyridine rings is 1. The van der Waals surface area contributed by atoms with Gasteiger partial charge < -0.3 is 10.6 Å². The third kappa shape index (κ3) is 2.43. The lowest BCUT2D eigenvalue weighted by Gasteiger charge is -2.21. The van der Waals surface area contributed by atoms with Gasteiger partial charge >= 0.3 is 0 Å². The van der Waals surface area contributed by atoms with Crippen LogP contribution in [0.5, 0.6) is 0 Å². The zero-order valence-corrected chi connectivity index (χ0v) is 11.7. The standard InChI is InChI=1S/C17H16N4/c1-21(13-8-6-12(7-9-13)17(18)19)16-10-11-20-15-5-3-2-4-14(15)16/h2-11H,1H3,(H3,18,19). The van der Waals surface area contributed by atoms with Crippen LogP contribution in [0.4, 0.5) is 11.4 Å². The van der Waals surface area contributed by atoms with Crippen molar-refractivity contribution in [2.24, 2.45) is 5.73 Å². The zero-order chi connectivity index (χ0) is 14.8. The number of nitrogens with two attached hydrogens (primary N) is 1. The Kier molecular flexibility index (Phi) is 3.28. The number of hydrogen-bond donors (Lipinski definition) is 2. The van der Waals surface area contributed by atoms with Crippen LogP contribution >= 0.6 is 0 Å². The molecule has 0 aliphatic rings. The van der Waals surface area contributed by atoms with Gasteiger partial charge in [0.25, 0.3) is 0 Å². The SMILES string of the molecule is CN(c1ccc(C(=N)N)cc1)c1ccnc2ccccc12. The number of nitrogen functional groups attached to an aromatic ring is 1. The predicted molar refractivity (Wildman–Crippen MR) is 87.3 cm³/mol. The van der Waals surface area contributed by atoms with Crippen LogP contribution in [0.2, 0.25) is 0 Å². The van der Waals surface area contributed by atoms with Gasteiger partial charge in [-0.05, 0) is 36.4 Å². The lowest BCUT2D eigenvalue weighted by atomic mass is 10.1. The van der Waals surface area contributed by atoms with E-state index in [1.165, 1.54) is 0 Å². The van der Waals surface area contributed by atoms with Crippen molar-refractivity contribution in [1.82, 2.24) is 4.98 Å². The predicted octanol–water partition coefficient (Wildman–Crippen LogP) is 3.29. The molecule has 0 aliphatic heterocycles. The molecule has 2 aromatic carbocycles. The molecule has 0 aliphatic carbocycles. The van der Waals surface area contributed by atoms with Gasteiger partial charge in [-0.2, -0.15) is 0 Å². The number of para-hydroxylation sites is 1. The number of fused-ring (bicyclic) bond motifs is 1. The second-order valence-corrected chi connectivity index (χ2v) is 4.87. The maximum absolute atomic E-state index is 7.44. The highest BCUT2D eigenvalue weighted by molar-refractivity contribution is 5.96. The Bertz CT molecular complexity index is 788. The summed E-state index contributed by atoms with van der Waals surface area (Å²) >= 11 is 0. The molecule has 0 atom stereocenters. The molecule has 0 spiro atoms. The summed E-state index contributed by atoms with van der Waals surface area (Å²) in [4.78, 5) is 6.49. The number of rotatable bonds is 3. The van der Waals surface area contributed by atoms with E-state index in [2.05, 4.69) is 16.0 Å². The quantitative estimate of drug-likeness (QED) is 0.570. The molecule has 0 fully saturated rings. The van der Waals surface area contributed by atoms with Crippen LogP contribution in [0.1, 0.15) is 5.56 Å². The molecule has 21 heavy (non-hydrogen) atoms. The van der Waals surface area contributed by atoms with Crippen LogP contribution in [0, 0.1) is 5.41 Å². The molecule has 4 heteroatoms. The van der Waals surface area contributed by atoms with Gasteiger partial charge in [-0.3, -0.25) is 10.4 Å². The van der Waals surface area contributed by atoms with Crippen molar-refractivity contribution in [2.45, 2.75) is 0 Å². The van der Waals surface area contributed by atoms with Gasteiger partial charge in [-0.15, -0.1) is 0 Å². The van der Waals surface area contributed by atoms with E-state index in [9.17, 15) is 0 Å². The second kappa shape index (κ2) is 5.25. The minimum absolute atomic E-state index is 0.0820. The van der Waals surface area contributed by atoms with Crippen LogP contribution < -0.4 is 10.6 Å². The van der Waals surface area contributed by atoms with Gasteiger partial charge in [0.15, 0.2) is 0 Å². The largest absolute Gasteiger partial charge is 0.384 e. The summed E-state index contributed by atoms with van der Waals surface area (Å²) in [6.45, 7) is 0. The Morgan fingerprint density at radius 3 is 2.48 bits per heavy atom. The molecule has 1 aromatic heterocycles. The number of hydrogen-bond acceptors (Lipinski definition) is 3. The van der Waals surface area contributed by atoms with Crippen molar-refractivity contribution >= 4 is 28.1 Å². The molecule has 0 bridgehead atoms. The molecule has 0 unspecified atom stereocenters. The van der Waals surface area contributed by atoms with Crippen molar-refractivity contribution in [3.8, 4) is 0 Å². The fourth-order valence-electron chi connectivity index (χ4n) is 2.38. The number of amidine groups is 1. The summed E-state index contributed by atoms with van der Waals surface area (Å²) in [6, 6.07) is 17.7. The first-order valence-corrected chi connectivity index (χ1v) is 6.69. The van der Waals surface area contributed by atoms with E-state index < -0.39 is 0 Å². The highest BCUT2D eigenvalue weighted by Crippen LogP contribution is 2.29. The Labute approximate surface area is 123 Å². The molecule has 0 amide bonds. The highest BCUT2D eigenvalue weighted by Gasteiger charge is 2.08. The van der Waals surface area contributed by atoms with Gasteiger partial charge in [0.1, 0.15) is 5.84 Å². The smallest absolute Gasteiger partial charge is 0.122 e. The number of nitrogens with zero attached hydrogens (tertiary/aromatic N) is 2. The molecule has 1 heterocycles. The Hall–Kier alpha value is -2.88. The maximum atomic E-state index is 7.44. The van der Waals surface area contributed by atoms with E-state index in [4.69, 9.17) is 11.1 Å². The minimum atomic E-state index is 0.0820. The third-order valence-electron chi connectivity index (χ3n) is 3.55. The van der Waals surface area contributed by atoms with Crippen molar-refractivity contribution < 1.29 is 0 Å². The van der Waals surface area contributed by atoms with Gasteiger partial charge in [-0.25, -0.2) is 0 Å². The fraction of sp³-hybridized carbons (Fsp3) is 0.0588. The molecular formula is C17H16N4. The average molecular weight is 276 g/mol. The lowest BCUT2D eigenvalue weighted by molar-refractivity contribution is 1.21. The van der Waals surface area contributed by atoms with E-state index in [1.807, 2.05) is 61.8 Å². The maximum Gasteiger partial charge on any atom is 0.122 e. The van der Waals surface area contributed by atoms with Crippen LogP contribution in [0.3, 0.4) is 0 Å². The topological polar surface area (TPSA) is 66.0 Å². The number of nitrogens with one attached hydrogen (secondary N) is 1. The van der Waals surface area contributed by atoms with Gasteiger partial charge in [0, 0.05) is 29.9 Å². The summed E-state index contributed by atoms with van der Waals surface area (Å²) in [6.07, 6.45) is 1.82. The van der Waals surface area contributed by atoms with E-state index in [0.29, 0.717) is 0 Å². The number of benzene rings is 2. The number of aromatic nitrogens is 1. The highest BCUT2D eigenvalue weighted by atomic mass is 15.1. The van der Waals surface area contributed by atoms with Crippen molar-refractivity contribution in [3.63, 3.8) is 0 Å². The van der Waals surface area contributed by atoms with Crippen LogP contribution in [-0.2, 0) is 0 Å². The first-order chi connectivity index (χ1) is 10.2. The Balaban J connectivity index is 2.04. The lowest BCUT2D eigenvalue weighted by Crippen LogP contribution is -2.13. The normalized spacial score (nSPS) is 10.5. The molecule has 0 radical (unpaired) electrons. The van der Waals surface area contributed by atoms with E-state index in [-0.39, 0.29) is 5.84 Å². The Morgan fingerprint density at radius 2 is 1.76 bits per heavy atom. The molecule has 3 rings (SSSR count). The van der Waals surface area contributed by atoms with Crippen LogP contribution in [0.15, 0.2) is 60.8 Å². The summed E-state index contributed by atoms with van der Waals surface area (Å²) in [5, 5.41) is 8.55. The van der Waals surface area contributed by atoms with Crippen LogP contribution in [-0.4, -0.2) is 17.9 Å². The second-order valence-electron chi connectivity index (χ2n) is 4.87. The molecule has 4 nitrogen and oxygen atoms in total. The molecule has 3 aromatic rings. The van der Waals surface area contributed by atoms with Crippen LogP contribution in [0.25, 0.3) is 10.9 Å². The third-order valence-corrected chi connectivity index (χ3v) is 3.55. The molecule has 104 valence electrons. The van der Waals surface area contributed by atoms with E-state index in [0.717, 1.165) is 27.8 Å². The molecular weight excluding hydrogens is 260 g/mol. The fourth-order valence-corrected chi connectivity index (χ4v) is 2.38. The van der Waals surface area contributed by atoms with Gasteiger partial charge in [0.05, 0.1) is 11.2 Å². The summed E-state index contributed by atoms with van der Waals surface area (Å²) in [5.74, 6) is 0.0820. The van der Waals surface area contributed by atoms with Gasteiger partial charge in [-0.1, -0.05) is 18.2 Å². The molecule has 3 N–H and O–H groups in total. The zero-order valence-electron chi connectivity index (χ0n) is 11.7. The summed E-state index contributed by atoms with van der Waals surface area (Å²) < 4.78 is 0. The van der Waals surface area contributed by atoms with Gasteiger partial charge in [0.2, 0.25) is 0 Å². The van der Waals surface area contributed by atoms with E-state index in [1.54, 1.807) is 0 Å². The first kappa shape index (κ1) is 13.1. The van der Waals surface area contributed by atoms with Crippen molar-refractivity contribution in [3.05, 3.63) is 66.4 Å².